The Bertz CT molecular complexity index is 329. The van der Waals surface area contributed by atoms with Gasteiger partial charge in [-0.2, -0.15) is 0 Å². The minimum atomic E-state index is 0. The molecule has 17 heavy (non-hydrogen) atoms. The van der Waals surface area contributed by atoms with Crippen LogP contribution in [0.5, 0.6) is 0 Å². The van der Waals surface area contributed by atoms with E-state index in [9.17, 15) is 0 Å². The van der Waals surface area contributed by atoms with Crippen LogP contribution in [0.4, 0.5) is 0 Å². The summed E-state index contributed by atoms with van der Waals surface area (Å²) in [5.74, 6) is 0. The smallest absolute Gasteiger partial charge is 0.107 e. The number of halogens is 1. The molecule has 0 radical (unpaired) electrons. The normalized spacial score (nSPS) is 21.2. The number of piperidine rings is 1. The average molecular weight is 276 g/mol. The Morgan fingerprint density at radius 3 is 3.12 bits per heavy atom. The Balaban J connectivity index is 0.00000144. The van der Waals surface area contributed by atoms with Crippen molar-refractivity contribution in [3.63, 3.8) is 0 Å². The van der Waals surface area contributed by atoms with Gasteiger partial charge in [-0.05, 0) is 25.8 Å². The van der Waals surface area contributed by atoms with Crippen molar-refractivity contribution in [3.8, 4) is 0 Å². The first-order chi connectivity index (χ1) is 7.78. The average Bonchev–Trinajstić information content (AvgIpc) is 2.66. The van der Waals surface area contributed by atoms with Crippen LogP contribution in [0.3, 0.4) is 0 Å². The Morgan fingerprint density at radius 2 is 2.41 bits per heavy atom. The summed E-state index contributed by atoms with van der Waals surface area (Å²) in [5, 5.41) is 3.44. The van der Waals surface area contributed by atoms with Gasteiger partial charge in [-0.25, -0.2) is 4.98 Å². The molecule has 2 rings (SSSR count). The van der Waals surface area contributed by atoms with Crippen LogP contribution in [0.25, 0.3) is 0 Å². The highest BCUT2D eigenvalue weighted by Gasteiger charge is 2.17. The lowest BCUT2D eigenvalue weighted by Crippen LogP contribution is -2.42. The molecular formula is C12H22ClN3S. The summed E-state index contributed by atoms with van der Waals surface area (Å²) in [7, 11) is 0. The second kappa shape index (κ2) is 7.31. The van der Waals surface area contributed by atoms with E-state index in [1.54, 1.807) is 11.3 Å². The van der Waals surface area contributed by atoms with Crippen LogP contribution in [-0.2, 0) is 13.0 Å². The van der Waals surface area contributed by atoms with Gasteiger partial charge < -0.3 is 5.73 Å². The van der Waals surface area contributed by atoms with Gasteiger partial charge in [-0.15, -0.1) is 23.7 Å². The molecule has 0 aliphatic carbocycles. The number of likely N-dealkylation sites (tertiary alicyclic amines) is 1. The van der Waals surface area contributed by atoms with E-state index in [0.717, 1.165) is 19.5 Å². The standard InChI is InChI=1S/C12H21N3S.ClH/c1-2-4-11-9-16-12(14-11)8-15-6-3-5-10(13)7-15;/h9-10H,2-8,13H2,1H3;1H. The van der Waals surface area contributed by atoms with Crippen molar-refractivity contribution in [1.82, 2.24) is 9.88 Å². The Kier molecular flexibility index (Phi) is 6.41. The van der Waals surface area contributed by atoms with E-state index in [1.165, 1.54) is 36.5 Å². The maximum Gasteiger partial charge on any atom is 0.107 e. The molecule has 2 N–H and O–H groups in total. The summed E-state index contributed by atoms with van der Waals surface area (Å²) in [4.78, 5) is 7.09. The monoisotopic (exact) mass is 275 g/mol. The molecule has 2 heterocycles. The number of nitrogens with two attached hydrogens (primary N) is 1. The molecule has 1 aromatic heterocycles. The molecule has 0 saturated carbocycles. The number of nitrogens with zero attached hydrogens (tertiary/aromatic N) is 2. The van der Waals surface area contributed by atoms with Crippen molar-refractivity contribution in [2.75, 3.05) is 13.1 Å². The minimum absolute atomic E-state index is 0. The van der Waals surface area contributed by atoms with Gasteiger partial charge in [0, 0.05) is 18.0 Å². The lowest BCUT2D eigenvalue weighted by molar-refractivity contribution is 0.201. The SMILES string of the molecule is CCCc1csc(CN2CCCC(N)C2)n1.Cl. The first-order valence-electron chi connectivity index (χ1n) is 6.19. The van der Waals surface area contributed by atoms with Gasteiger partial charge in [0.25, 0.3) is 0 Å². The fourth-order valence-electron chi connectivity index (χ4n) is 2.22. The number of rotatable bonds is 4. The summed E-state index contributed by atoms with van der Waals surface area (Å²) in [6.45, 7) is 5.39. The predicted octanol–water partition coefficient (Wildman–Crippen LogP) is 2.44. The van der Waals surface area contributed by atoms with E-state index < -0.39 is 0 Å². The fourth-order valence-corrected chi connectivity index (χ4v) is 3.09. The number of hydrogen-bond donors (Lipinski definition) is 1. The Morgan fingerprint density at radius 1 is 1.59 bits per heavy atom. The summed E-state index contributed by atoms with van der Waals surface area (Å²) in [5.41, 5.74) is 7.23. The van der Waals surface area contributed by atoms with Crippen molar-refractivity contribution >= 4 is 23.7 Å². The highest BCUT2D eigenvalue weighted by Crippen LogP contribution is 2.16. The van der Waals surface area contributed by atoms with Crippen LogP contribution in [0.1, 0.15) is 36.9 Å². The van der Waals surface area contributed by atoms with Gasteiger partial charge in [0.15, 0.2) is 0 Å². The third-order valence-electron chi connectivity index (χ3n) is 3.01. The van der Waals surface area contributed by atoms with Gasteiger partial charge in [0.2, 0.25) is 0 Å². The lowest BCUT2D eigenvalue weighted by Gasteiger charge is -2.29. The summed E-state index contributed by atoms with van der Waals surface area (Å²) >= 11 is 1.79. The highest BCUT2D eigenvalue weighted by molar-refractivity contribution is 7.09. The minimum Gasteiger partial charge on any atom is -0.327 e. The molecule has 0 bridgehead atoms. The molecule has 1 atom stereocenters. The zero-order chi connectivity index (χ0) is 11.4. The molecule has 1 unspecified atom stereocenters. The molecule has 1 saturated heterocycles. The fraction of sp³-hybridized carbons (Fsp3) is 0.750. The zero-order valence-electron chi connectivity index (χ0n) is 10.4. The van der Waals surface area contributed by atoms with Gasteiger partial charge in [0.05, 0.1) is 12.2 Å². The maximum atomic E-state index is 5.97. The maximum absolute atomic E-state index is 5.97. The van der Waals surface area contributed by atoms with E-state index in [4.69, 9.17) is 5.73 Å². The summed E-state index contributed by atoms with van der Waals surface area (Å²) in [6.07, 6.45) is 4.69. The number of thiazole rings is 1. The molecule has 98 valence electrons. The molecule has 0 aromatic carbocycles. The Hall–Kier alpha value is -0.160. The van der Waals surface area contributed by atoms with Crippen molar-refractivity contribution < 1.29 is 0 Å². The molecule has 0 spiro atoms. The molecule has 1 aromatic rings. The van der Waals surface area contributed by atoms with Crippen molar-refractivity contribution in [3.05, 3.63) is 16.1 Å². The topological polar surface area (TPSA) is 42.1 Å². The number of aromatic nitrogens is 1. The van der Waals surface area contributed by atoms with E-state index in [2.05, 4.69) is 22.2 Å². The second-order valence-electron chi connectivity index (χ2n) is 4.62. The summed E-state index contributed by atoms with van der Waals surface area (Å²) < 4.78 is 0. The highest BCUT2D eigenvalue weighted by atomic mass is 35.5. The van der Waals surface area contributed by atoms with Crippen molar-refractivity contribution in [2.24, 2.45) is 5.73 Å². The van der Waals surface area contributed by atoms with Crippen LogP contribution in [0.2, 0.25) is 0 Å². The molecule has 1 fully saturated rings. The van der Waals surface area contributed by atoms with Gasteiger partial charge in [0.1, 0.15) is 5.01 Å². The lowest BCUT2D eigenvalue weighted by atomic mass is 10.1. The van der Waals surface area contributed by atoms with Crippen LogP contribution in [0.15, 0.2) is 5.38 Å². The molecule has 1 aliphatic rings. The largest absolute Gasteiger partial charge is 0.327 e. The van der Waals surface area contributed by atoms with Crippen molar-refractivity contribution in [1.29, 1.82) is 0 Å². The van der Waals surface area contributed by atoms with E-state index in [1.807, 2.05) is 0 Å². The molecular weight excluding hydrogens is 254 g/mol. The van der Waals surface area contributed by atoms with Gasteiger partial charge in [-0.1, -0.05) is 13.3 Å². The van der Waals surface area contributed by atoms with Crippen LogP contribution >= 0.6 is 23.7 Å². The van der Waals surface area contributed by atoms with Crippen LogP contribution in [-0.4, -0.2) is 29.0 Å². The third-order valence-corrected chi connectivity index (χ3v) is 3.89. The van der Waals surface area contributed by atoms with Gasteiger partial charge >= 0.3 is 0 Å². The van der Waals surface area contributed by atoms with Gasteiger partial charge in [-0.3, -0.25) is 4.90 Å². The van der Waals surface area contributed by atoms with E-state index in [-0.39, 0.29) is 12.4 Å². The Labute approximate surface area is 114 Å². The quantitative estimate of drug-likeness (QED) is 0.918. The van der Waals surface area contributed by atoms with Crippen LogP contribution < -0.4 is 5.73 Å². The van der Waals surface area contributed by atoms with Crippen LogP contribution in [0, 0.1) is 0 Å². The molecule has 1 aliphatic heterocycles. The molecule has 5 heteroatoms. The first-order valence-corrected chi connectivity index (χ1v) is 7.07. The first kappa shape index (κ1) is 14.9. The van der Waals surface area contributed by atoms with E-state index in [0.29, 0.717) is 6.04 Å². The third kappa shape index (κ3) is 4.54. The molecule has 0 amide bonds. The van der Waals surface area contributed by atoms with Crippen molar-refractivity contribution in [2.45, 2.75) is 45.2 Å². The zero-order valence-corrected chi connectivity index (χ0v) is 12.0. The second-order valence-corrected chi connectivity index (χ2v) is 5.56. The predicted molar refractivity (Wildman–Crippen MR) is 75.8 cm³/mol. The van der Waals surface area contributed by atoms with E-state index >= 15 is 0 Å². The number of aryl methyl sites for hydroxylation is 1. The number of hydrogen-bond acceptors (Lipinski definition) is 4. The summed E-state index contributed by atoms with van der Waals surface area (Å²) in [6, 6.07) is 0.365. The molecule has 3 nitrogen and oxygen atoms in total.